The van der Waals surface area contributed by atoms with Crippen molar-refractivity contribution < 1.29 is 23.9 Å². The van der Waals surface area contributed by atoms with Crippen LogP contribution in [0.5, 0.6) is 5.75 Å². The van der Waals surface area contributed by atoms with Crippen molar-refractivity contribution in [2.24, 2.45) is 10.9 Å². The largest absolute Gasteiger partial charge is 0.494 e. The lowest BCUT2D eigenvalue weighted by atomic mass is 9.89. The van der Waals surface area contributed by atoms with Crippen LogP contribution in [-0.2, 0) is 20.9 Å². The molecule has 0 bridgehead atoms. The number of ether oxygens (including phenoxy) is 2. The van der Waals surface area contributed by atoms with Gasteiger partial charge in [0.2, 0.25) is 15.7 Å². The van der Waals surface area contributed by atoms with Crippen molar-refractivity contribution in [1.29, 1.82) is 0 Å². The molecule has 250 valence electrons. The molecule has 0 aromatic heterocycles. The van der Waals surface area contributed by atoms with Gasteiger partial charge < -0.3 is 24.6 Å². The van der Waals surface area contributed by atoms with Gasteiger partial charge in [-0.05, 0) is 69.4 Å². The van der Waals surface area contributed by atoms with E-state index in [0.717, 1.165) is 24.1 Å². The predicted octanol–water partition coefficient (Wildman–Crippen LogP) is 6.88. The molecule has 2 aromatic carbocycles. The number of fused-ring (bicyclic) bond motifs is 1. The van der Waals surface area contributed by atoms with Crippen LogP contribution < -0.4 is 20.3 Å². The molecular formula is C33H42Cl3N5O5. The quantitative estimate of drug-likeness (QED) is 0.151. The Kier molecular flexibility index (Phi) is 12.4. The highest BCUT2D eigenvalue weighted by Gasteiger charge is 2.44. The molecule has 1 aliphatic carbocycles. The van der Waals surface area contributed by atoms with E-state index in [-0.39, 0.29) is 25.0 Å². The van der Waals surface area contributed by atoms with Gasteiger partial charge in [-0.2, -0.15) is 0 Å². The number of benzene rings is 2. The molecule has 13 heteroatoms. The summed E-state index contributed by atoms with van der Waals surface area (Å²) in [5.41, 5.74) is 0.839. The maximum atomic E-state index is 13.0. The number of para-hydroxylation sites is 1. The fourth-order valence-corrected chi connectivity index (χ4v) is 5.39. The molecule has 0 radical (unpaired) electrons. The lowest BCUT2D eigenvalue weighted by Crippen LogP contribution is -2.51. The first-order valence-corrected chi connectivity index (χ1v) is 16.7. The first kappa shape index (κ1) is 35.6. The van der Waals surface area contributed by atoms with Crippen LogP contribution in [0.3, 0.4) is 0 Å². The summed E-state index contributed by atoms with van der Waals surface area (Å²) in [6.45, 7) is 3.90. The Hall–Kier alpha value is -3.21. The van der Waals surface area contributed by atoms with Gasteiger partial charge in [0.05, 0.1) is 12.3 Å². The number of alkyl halides is 3. The van der Waals surface area contributed by atoms with Gasteiger partial charge in [-0.25, -0.2) is 9.79 Å². The average molecular weight is 695 g/mol. The molecule has 2 N–H and O–H groups in total. The van der Waals surface area contributed by atoms with Crippen LogP contribution in [0.25, 0.3) is 0 Å². The van der Waals surface area contributed by atoms with Gasteiger partial charge in [0.15, 0.2) is 5.60 Å². The van der Waals surface area contributed by atoms with Crippen LogP contribution in [0.1, 0.15) is 64.4 Å². The third kappa shape index (κ3) is 10.1. The Balaban J connectivity index is 1.39. The minimum atomic E-state index is -1.85. The molecule has 10 nitrogen and oxygen atoms in total. The monoisotopic (exact) mass is 693 g/mol. The molecule has 0 spiro atoms. The van der Waals surface area contributed by atoms with Crippen LogP contribution in [-0.4, -0.2) is 64.9 Å². The molecule has 0 atom stereocenters. The highest BCUT2D eigenvalue weighted by Crippen LogP contribution is 2.40. The van der Waals surface area contributed by atoms with Crippen molar-refractivity contribution in [1.82, 2.24) is 15.5 Å². The minimum absolute atomic E-state index is 0.00201. The summed E-state index contributed by atoms with van der Waals surface area (Å²) in [5.74, 6) is 0.587. The molecule has 1 aliphatic heterocycles. The molecule has 2 aliphatic rings. The number of anilines is 1. The van der Waals surface area contributed by atoms with E-state index in [1.807, 2.05) is 36.4 Å². The van der Waals surface area contributed by atoms with Crippen LogP contribution in [0, 0.1) is 5.92 Å². The van der Waals surface area contributed by atoms with Crippen LogP contribution >= 0.6 is 34.8 Å². The fraction of sp³-hybridized carbons (Fsp3) is 0.515. The van der Waals surface area contributed by atoms with Gasteiger partial charge in [0.25, 0.3) is 0 Å². The topological polar surface area (TPSA) is 113 Å². The summed E-state index contributed by atoms with van der Waals surface area (Å²) >= 11 is 18.1. The molecule has 3 amide bonds. The number of aliphatic imine (C=N–C) groups is 1. The van der Waals surface area contributed by atoms with Gasteiger partial charge >= 0.3 is 12.0 Å². The Morgan fingerprint density at radius 1 is 1.04 bits per heavy atom. The Bertz CT molecular complexity index is 1390. The normalized spacial score (nSPS) is 15.3. The number of nitrogens with zero attached hydrogens (tertiary/aromatic N) is 3. The lowest BCUT2D eigenvalue weighted by molar-refractivity contribution is -0.156. The molecule has 46 heavy (non-hydrogen) atoms. The number of carbonyl (C=O) groups is 3. The van der Waals surface area contributed by atoms with Crippen molar-refractivity contribution in [3.8, 4) is 5.75 Å². The van der Waals surface area contributed by atoms with Crippen molar-refractivity contribution in [3.63, 3.8) is 0 Å². The smallest absolute Gasteiger partial charge is 0.326 e. The maximum Gasteiger partial charge on any atom is 0.326 e. The SMILES string of the molecule is CN(C(=O)CCCOc1ccc2c(c1)CN(CC(=O)OC(C)(C)C(Cl)(Cl)Cl)C(NC(=O)NCC1CCCCC1)=N2)c1ccccc1. The molecule has 2 aromatic rings. The highest BCUT2D eigenvalue weighted by molar-refractivity contribution is 6.68. The van der Waals surface area contributed by atoms with E-state index in [2.05, 4.69) is 15.6 Å². The summed E-state index contributed by atoms with van der Waals surface area (Å²) < 4.78 is 9.62. The number of rotatable bonds is 11. The van der Waals surface area contributed by atoms with Crippen molar-refractivity contribution in [3.05, 3.63) is 54.1 Å². The molecular weight excluding hydrogens is 653 g/mol. The van der Waals surface area contributed by atoms with E-state index in [1.54, 1.807) is 29.0 Å². The second-order valence-corrected chi connectivity index (χ2v) is 14.4. The number of amides is 3. The van der Waals surface area contributed by atoms with Crippen LogP contribution in [0.2, 0.25) is 0 Å². The van der Waals surface area contributed by atoms with Gasteiger partial charge in [-0.3, -0.25) is 14.9 Å². The standard InChI is InChI=1S/C33H42Cl3N5O5/c1-32(2,33(34,35)36)46-29(43)22-41-21-24-19-26(45-18-10-15-28(42)40(3)25-13-8-5-9-14-25)16-17-27(24)38-30(41)39-31(44)37-20-23-11-6-4-7-12-23/h5,8-9,13-14,16-17,19,23H,4,6-7,10-12,15,18,20-22H2,1-3H3,(H2,37,38,39,44). The molecule has 0 saturated heterocycles. The summed E-state index contributed by atoms with van der Waals surface area (Å²) in [6.07, 6.45) is 6.64. The Labute approximate surface area is 285 Å². The van der Waals surface area contributed by atoms with Gasteiger partial charge in [-0.15, -0.1) is 0 Å². The van der Waals surface area contributed by atoms with Crippen LogP contribution in [0.4, 0.5) is 16.2 Å². The molecule has 4 rings (SSSR count). The highest BCUT2D eigenvalue weighted by atomic mass is 35.6. The number of nitrogens with one attached hydrogen (secondary N) is 2. The number of esters is 1. The summed E-state index contributed by atoms with van der Waals surface area (Å²) in [6, 6.07) is 14.5. The molecule has 1 fully saturated rings. The summed E-state index contributed by atoms with van der Waals surface area (Å²) in [7, 11) is 1.76. The Morgan fingerprint density at radius 2 is 1.76 bits per heavy atom. The van der Waals surface area contributed by atoms with Gasteiger partial charge in [0, 0.05) is 37.8 Å². The molecule has 1 heterocycles. The van der Waals surface area contributed by atoms with Crippen molar-refractivity contribution in [2.45, 2.75) is 74.7 Å². The second kappa shape index (κ2) is 16.1. The third-order valence-corrected chi connectivity index (χ3v) is 9.50. The first-order valence-electron chi connectivity index (χ1n) is 15.6. The number of hydrogen-bond donors (Lipinski definition) is 2. The molecule has 1 saturated carbocycles. The first-order chi connectivity index (χ1) is 21.8. The summed E-state index contributed by atoms with van der Waals surface area (Å²) in [5, 5.41) is 5.75. The maximum absolute atomic E-state index is 13.0. The predicted molar refractivity (Wildman–Crippen MR) is 182 cm³/mol. The average Bonchev–Trinajstić information content (AvgIpc) is 3.02. The van der Waals surface area contributed by atoms with Crippen molar-refractivity contribution >= 4 is 70.0 Å². The van der Waals surface area contributed by atoms with Gasteiger partial charge in [-0.1, -0.05) is 72.3 Å². The number of guanidine groups is 1. The second-order valence-electron chi connectivity index (χ2n) is 12.1. The number of hydrogen-bond acceptors (Lipinski definition) is 7. The van der Waals surface area contributed by atoms with E-state index in [9.17, 15) is 14.4 Å². The van der Waals surface area contributed by atoms with Gasteiger partial charge in [0.1, 0.15) is 12.3 Å². The van der Waals surface area contributed by atoms with E-state index in [0.29, 0.717) is 43.3 Å². The lowest BCUT2D eigenvalue weighted by Gasteiger charge is -2.34. The van der Waals surface area contributed by atoms with Crippen molar-refractivity contribution in [2.75, 3.05) is 31.6 Å². The number of halogens is 3. The minimum Gasteiger partial charge on any atom is -0.494 e. The van der Waals surface area contributed by atoms with Crippen LogP contribution in [0.15, 0.2) is 53.5 Å². The zero-order chi connectivity index (χ0) is 33.3. The summed E-state index contributed by atoms with van der Waals surface area (Å²) in [4.78, 5) is 46.4. The number of carbonyl (C=O) groups excluding carboxylic acids is 3. The van der Waals surface area contributed by atoms with E-state index in [4.69, 9.17) is 44.3 Å². The molecule has 0 unspecified atom stereocenters. The van der Waals surface area contributed by atoms with E-state index >= 15 is 0 Å². The van der Waals surface area contributed by atoms with E-state index in [1.165, 1.54) is 33.1 Å². The third-order valence-electron chi connectivity index (χ3n) is 8.13. The van der Waals surface area contributed by atoms with E-state index < -0.39 is 21.4 Å². The zero-order valence-electron chi connectivity index (χ0n) is 26.5. The Morgan fingerprint density at radius 3 is 2.46 bits per heavy atom. The number of urea groups is 1. The zero-order valence-corrected chi connectivity index (χ0v) is 28.8. The fourth-order valence-electron chi connectivity index (χ4n) is 5.27.